The van der Waals surface area contributed by atoms with E-state index in [1.807, 2.05) is 35.7 Å². The van der Waals surface area contributed by atoms with Crippen LogP contribution >= 0.6 is 23.5 Å². The molecule has 55 heavy (non-hydrogen) atoms. The van der Waals surface area contributed by atoms with E-state index < -0.39 is 0 Å². The Labute approximate surface area is 332 Å². The highest BCUT2D eigenvalue weighted by Gasteiger charge is 2.30. The number of hydrogen-bond donors (Lipinski definition) is 0. The molecule has 0 amide bonds. The van der Waals surface area contributed by atoms with Gasteiger partial charge in [-0.15, -0.1) is 23.5 Å². The summed E-state index contributed by atoms with van der Waals surface area (Å²) in [4.78, 5) is 29.9. The number of benzene rings is 4. The zero-order chi connectivity index (χ0) is 37.7. The zero-order valence-electron chi connectivity index (χ0n) is 31.6. The minimum absolute atomic E-state index is 0.250. The molecule has 282 valence electrons. The van der Waals surface area contributed by atoms with E-state index >= 15 is 0 Å². The molecule has 2 saturated carbocycles. The highest BCUT2D eigenvalue weighted by Crippen LogP contribution is 2.49. The number of aromatic nitrogens is 2. The lowest BCUT2D eigenvalue weighted by Crippen LogP contribution is -2.07. The predicted octanol–water partition coefficient (Wildman–Crippen LogP) is 12.2. The Balaban J connectivity index is 0.000000146. The molecule has 6 nitrogen and oxygen atoms in total. The molecular weight excluding hydrogens is 721 g/mol. The minimum atomic E-state index is 0.250. The Morgan fingerprint density at radius 2 is 1.11 bits per heavy atom. The van der Waals surface area contributed by atoms with Crippen molar-refractivity contribution >= 4 is 58.0 Å². The third-order valence-corrected chi connectivity index (χ3v) is 14.1. The average Bonchev–Trinajstić information content (AvgIpc) is 3.53. The molecule has 0 saturated heterocycles. The number of fused-ring (bicyclic) bond motifs is 10. The van der Waals surface area contributed by atoms with E-state index in [1.54, 1.807) is 5.56 Å². The van der Waals surface area contributed by atoms with Crippen molar-refractivity contribution in [1.82, 2.24) is 9.13 Å². The molecule has 6 aromatic rings. The summed E-state index contributed by atoms with van der Waals surface area (Å²) in [5.41, 5.74) is 12.9. The SMILES string of the molecule is Cc1ccc2c(C3CCCCC3)c3n(c2c1)CCSc1ccccc1-3.O=C=O.O=COc1ccc2c(C3CCCCC3)c3n(c2c1)CCSc1ccccc1-3. The summed E-state index contributed by atoms with van der Waals surface area (Å²) in [6.45, 7) is 4.82. The predicted molar refractivity (Wildman–Crippen MR) is 224 cm³/mol. The standard InChI is InChI=1S/C23H23NO2S.C23H25NS.CO2/c25-15-26-17-10-11-18-20(14-17)24-12-13-27-21-9-5-4-8-19(21)23(24)22(18)16-6-2-1-3-7-16;1-16-11-12-18-20(15-16)24-13-14-25-21-10-6-5-9-19(21)23(24)22(18)17-7-3-2-4-8-17;2-1-3/h4-5,8-11,14-16H,1-3,6-7,12-13H2;5-6,9-12,15,17H,2-4,7-8,13-14H2,1H3;. The minimum Gasteiger partial charge on any atom is -0.429 e. The Hall–Kier alpha value is -4.49. The lowest BCUT2D eigenvalue weighted by molar-refractivity contribution is -0.191. The fourth-order valence-electron chi connectivity index (χ4n) is 9.70. The summed E-state index contributed by atoms with van der Waals surface area (Å²) in [5.74, 6) is 4.18. The summed E-state index contributed by atoms with van der Waals surface area (Å²) < 4.78 is 10.3. The van der Waals surface area contributed by atoms with E-state index in [4.69, 9.17) is 14.3 Å². The molecule has 0 bridgehead atoms. The molecular formula is C47H48N2O4S2. The van der Waals surface area contributed by atoms with Crippen LogP contribution in [0.5, 0.6) is 5.75 Å². The van der Waals surface area contributed by atoms with Crippen LogP contribution in [0.1, 0.15) is 92.7 Å². The van der Waals surface area contributed by atoms with Crippen LogP contribution in [0.15, 0.2) is 94.7 Å². The summed E-state index contributed by atoms with van der Waals surface area (Å²) >= 11 is 3.96. The lowest BCUT2D eigenvalue weighted by atomic mass is 9.82. The molecule has 2 fully saturated rings. The number of hydrogen-bond acceptors (Lipinski definition) is 6. The van der Waals surface area contributed by atoms with E-state index in [0.717, 1.165) is 30.5 Å². The fraction of sp³-hybridized carbons (Fsp3) is 0.362. The average molecular weight is 769 g/mol. The highest BCUT2D eigenvalue weighted by molar-refractivity contribution is 7.99. The molecule has 2 aliphatic carbocycles. The van der Waals surface area contributed by atoms with Gasteiger partial charge in [-0.1, -0.05) is 87.1 Å². The molecule has 2 aromatic heterocycles. The van der Waals surface area contributed by atoms with E-state index in [0.29, 0.717) is 18.1 Å². The van der Waals surface area contributed by atoms with Crippen molar-refractivity contribution in [3.63, 3.8) is 0 Å². The molecule has 8 heteroatoms. The Morgan fingerprint density at radius 1 is 0.636 bits per heavy atom. The van der Waals surface area contributed by atoms with Crippen LogP contribution in [-0.4, -0.2) is 33.3 Å². The van der Waals surface area contributed by atoms with Crippen molar-refractivity contribution in [2.75, 3.05) is 11.5 Å². The van der Waals surface area contributed by atoms with E-state index in [2.05, 4.69) is 88.9 Å². The number of thioether (sulfide) groups is 2. The molecule has 4 aromatic carbocycles. The van der Waals surface area contributed by atoms with Crippen molar-refractivity contribution in [2.24, 2.45) is 0 Å². The maximum Gasteiger partial charge on any atom is 0.373 e. The van der Waals surface area contributed by atoms with E-state index in [1.165, 1.54) is 129 Å². The normalized spacial score (nSPS) is 16.7. The number of aryl methyl sites for hydroxylation is 3. The van der Waals surface area contributed by atoms with Gasteiger partial charge < -0.3 is 13.9 Å². The van der Waals surface area contributed by atoms with Crippen molar-refractivity contribution in [3.05, 3.63) is 102 Å². The molecule has 4 heterocycles. The van der Waals surface area contributed by atoms with Crippen molar-refractivity contribution in [1.29, 1.82) is 0 Å². The van der Waals surface area contributed by atoms with Crippen LogP contribution in [0.3, 0.4) is 0 Å². The lowest BCUT2D eigenvalue weighted by Gasteiger charge is -2.23. The smallest absolute Gasteiger partial charge is 0.373 e. The molecule has 0 N–H and O–H groups in total. The quantitative estimate of drug-likeness (QED) is 0.166. The first-order valence-electron chi connectivity index (χ1n) is 19.9. The number of rotatable bonds is 4. The van der Waals surface area contributed by atoms with Crippen LogP contribution in [-0.2, 0) is 27.5 Å². The maximum atomic E-state index is 10.8. The van der Waals surface area contributed by atoms with Crippen LogP contribution in [0, 0.1) is 6.92 Å². The number of carbonyl (C=O) groups is 1. The van der Waals surface area contributed by atoms with Gasteiger partial charge in [0.05, 0.1) is 16.9 Å². The largest absolute Gasteiger partial charge is 0.429 e. The van der Waals surface area contributed by atoms with Gasteiger partial charge in [0.1, 0.15) is 5.75 Å². The molecule has 2 aliphatic heterocycles. The van der Waals surface area contributed by atoms with Gasteiger partial charge in [0.15, 0.2) is 0 Å². The van der Waals surface area contributed by atoms with Crippen molar-refractivity contribution < 1.29 is 19.1 Å². The van der Waals surface area contributed by atoms with Crippen molar-refractivity contribution in [3.8, 4) is 28.3 Å². The molecule has 0 spiro atoms. The summed E-state index contributed by atoms with van der Waals surface area (Å²) in [5, 5.41) is 2.84. The van der Waals surface area contributed by atoms with Gasteiger partial charge in [0, 0.05) is 67.9 Å². The van der Waals surface area contributed by atoms with Crippen LogP contribution < -0.4 is 4.74 Å². The van der Waals surface area contributed by atoms with Crippen LogP contribution in [0.4, 0.5) is 0 Å². The second kappa shape index (κ2) is 17.1. The monoisotopic (exact) mass is 768 g/mol. The summed E-state index contributed by atoms with van der Waals surface area (Å²) in [6.07, 6.45) is 13.7. The van der Waals surface area contributed by atoms with Gasteiger partial charge in [-0.3, -0.25) is 4.79 Å². The van der Waals surface area contributed by atoms with Crippen LogP contribution in [0.2, 0.25) is 0 Å². The van der Waals surface area contributed by atoms with Crippen LogP contribution in [0.25, 0.3) is 44.3 Å². The Morgan fingerprint density at radius 3 is 1.62 bits per heavy atom. The number of carbonyl (C=O) groups excluding carboxylic acids is 3. The van der Waals surface area contributed by atoms with Gasteiger partial charge in [0.2, 0.25) is 0 Å². The molecule has 0 atom stereocenters. The molecule has 10 rings (SSSR count). The number of nitrogens with zero attached hydrogens (tertiary/aromatic N) is 2. The Kier molecular flexibility index (Phi) is 11.6. The molecule has 0 unspecified atom stereocenters. The zero-order valence-corrected chi connectivity index (χ0v) is 33.2. The van der Waals surface area contributed by atoms with E-state index in [-0.39, 0.29) is 6.15 Å². The highest BCUT2D eigenvalue weighted by atomic mass is 32.2. The second-order valence-electron chi connectivity index (χ2n) is 15.2. The summed E-state index contributed by atoms with van der Waals surface area (Å²) in [7, 11) is 0. The first-order chi connectivity index (χ1) is 27.1. The first kappa shape index (κ1) is 37.4. The van der Waals surface area contributed by atoms with Gasteiger partial charge in [0.25, 0.3) is 6.47 Å². The number of ether oxygens (including phenoxy) is 1. The van der Waals surface area contributed by atoms with Gasteiger partial charge in [-0.2, -0.15) is 9.59 Å². The third-order valence-electron chi connectivity index (χ3n) is 12.0. The fourth-order valence-corrected chi connectivity index (χ4v) is 11.7. The summed E-state index contributed by atoms with van der Waals surface area (Å²) in [6, 6.07) is 31.1. The van der Waals surface area contributed by atoms with Gasteiger partial charge in [-0.05, 0) is 91.5 Å². The topological polar surface area (TPSA) is 70.3 Å². The molecule has 0 radical (unpaired) electrons. The maximum absolute atomic E-state index is 10.8. The third kappa shape index (κ3) is 7.45. The molecule has 4 aliphatic rings. The van der Waals surface area contributed by atoms with Gasteiger partial charge in [-0.25, -0.2) is 0 Å². The van der Waals surface area contributed by atoms with E-state index in [9.17, 15) is 4.79 Å². The Bertz CT molecular complexity index is 2360. The second-order valence-corrected chi connectivity index (χ2v) is 17.5. The van der Waals surface area contributed by atoms with Crippen molar-refractivity contribution in [2.45, 2.75) is 106 Å². The van der Waals surface area contributed by atoms with Gasteiger partial charge >= 0.3 is 6.15 Å². The first-order valence-corrected chi connectivity index (χ1v) is 21.9.